The Morgan fingerprint density at radius 1 is 1.12 bits per heavy atom. The molecule has 0 aliphatic carbocycles. The fourth-order valence-electron chi connectivity index (χ4n) is 2.65. The van der Waals surface area contributed by atoms with Crippen molar-refractivity contribution in [2.24, 2.45) is 0 Å². The number of rotatable bonds is 5. The average molecular weight is 340 g/mol. The van der Waals surface area contributed by atoms with Crippen LogP contribution in [0.25, 0.3) is 10.9 Å². The van der Waals surface area contributed by atoms with Crippen molar-refractivity contribution in [2.75, 3.05) is 19.1 Å². The van der Waals surface area contributed by atoms with Gasteiger partial charge in [0.1, 0.15) is 18.1 Å². The third kappa shape index (κ3) is 3.26. The standard InChI is InChI=1S/C19H20N2O2S/c1-12-4-5-13-10-14(6-8-17(13)21-12)23-11-15-18(24-3)9-7-16(20)19(15)22-2/h4-10H,11,20H2,1-3H3. The van der Waals surface area contributed by atoms with Crippen LogP contribution in [-0.4, -0.2) is 18.3 Å². The van der Waals surface area contributed by atoms with Crippen LogP contribution < -0.4 is 15.2 Å². The van der Waals surface area contributed by atoms with E-state index < -0.39 is 0 Å². The maximum Gasteiger partial charge on any atom is 0.149 e. The normalized spacial score (nSPS) is 10.8. The van der Waals surface area contributed by atoms with Crippen LogP contribution in [-0.2, 0) is 6.61 Å². The van der Waals surface area contributed by atoms with Crippen molar-refractivity contribution in [1.29, 1.82) is 0 Å². The molecule has 2 N–H and O–H groups in total. The lowest BCUT2D eigenvalue weighted by Crippen LogP contribution is -2.03. The molecule has 3 rings (SSSR count). The van der Waals surface area contributed by atoms with Gasteiger partial charge < -0.3 is 15.2 Å². The Bertz CT molecular complexity index is 881. The second-order valence-corrected chi connectivity index (χ2v) is 6.31. The Morgan fingerprint density at radius 3 is 2.71 bits per heavy atom. The van der Waals surface area contributed by atoms with Crippen LogP contribution in [0.4, 0.5) is 5.69 Å². The number of nitrogens with zero attached hydrogens (tertiary/aromatic N) is 1. The van der Waals surface area contributed by atoms with E-state index in [4.69, 9.17) is 15.2 Å². The van der Waals surface area contributed by atoms with Crippen LogP contribution in [0.3, 0.4) is 0 Å². The van der Waals surface area contributed by atoms with Crippen molar-refractivity contribution in [3.05, 3.63) is 53.7 Å². The van der Waals surface area contributed by atoms with Gasteiger partial charge in [-0.25, -0.2) is 0 Å². The van der Waals surface area contributed by atoms with Crippen LogP contribution in [0.2, 0.25) is 0 Å². The smallest absolute Gasteiger partial charge is 0.149 e. The van der Waals surface area contributed by atoms with Gasteiger partial charge in [0.05, 0.1) is 18.3 Å². The fraction of sp³-hybridized carbons (Fsp3) is 0.211. The molecule has 0 spiro atoms. The molecule has 0 unspecified atom stereocenters. The summed E-state index contributed by atoms with van der Waals surface area (Å²) >= 11 is 1.65. The molecule has 2 aromatic carbocycles. The Kier molecular flexibility index (Phi) is 4.81. The molecule has 0 radical (unpaired) electrons. The second-order valence-electron chi connectivity index (χ2n) is 5.46. The number of fused-ring (bicyclic) bond motifs is 1. The van der Waals surface area contributed by atoms with Crippen molar-refractivity contribution in [1.82, 2.24) is 4.98 Å². The lowest BCUT2D eigenvalue weighted by atomic mass is 10.1. The molecule has 3 aromatic rings. The Hall–Kier alpha value is -2.40. The van der Waals surface area contributed by atoms with Crippen molar-refractivity contribution in [3.63, 3.8) is 0 Å². The van der Waals surface area contributed by atoms with Crippen molar-refractivity contribution in [2.45, 2.75) is 18.4 Å². The van der Waals surface area contributed by atoms with E-state index >= 15 is 0 Å². The lowest BCUT2D eigenvalue weighted by molar-refractivity contribution is 0.294. The molecule has 0 saturated carbocycles. The van der Waals surface area contributed by atoms with E-state index in [0.29, 0.717) is 18.0 Å². The first kappa shape index (κ1) is 16.5. The highest BCUT2D eigenvalue weighted by Crippen LogP contribution is 2.35. The van der Waals surface area contributed by atoms with E-state index in [-0.39, 0.29) is 0 Å². The Morgan fingerprint density at radius 2 is 1.96 bits per heavy atom. The zero-order valence-corrected chi connectivity index (χ0v) is 14.8. The summed E-state index contributed by atoms with van der Waals surface area (Å²) in [5.41, 5.74) is 9.57. The molecule has 5 heteroatoms. The number of methoxy groups -OCH3 is 1. The fourth-order valence-corrected chi connectivity index (χ4v) is 3.25. The summed E-state index contributed by atoms with van der Waals surface area (Å²) in [4.78, 5) is 5.60. The number of anilines is 1. The van der Waals surface area contributed by atoms with E-state index in [1.165, 1.54) is 0 Å². The highest BCUT2D eigenvalue weighted by molar-refractivity contribution is 7.98. The Labute approximate surface area is 146 Å². The van der Waals surface area contributed by atoms with Gasteiger partial charge in [0, 0.05) is 21.5 Å². The van der Waals surface area contributed by atoms with Crippen LogP contribution in [0, 0.1) is 6.92 Å². The van der Waals surface area contributed by atoms with Gasteiger partial charge in [-0.2, -0.15) is 0 Å². The van der Waals surface area contributed by atoms with Crippen LogP contribution in [0.5, 0.6) is 11.5 Å². The molecule has 0 atom stereocenters. The molecule has 1 aromatic heterocycles. The molecular formula is C19H20N2O2S. The predicted octanol–water partition coefficient (Wildman–Crippen LogP) is 4.43. The summed E-state index contributed by atoms with van der Waals surface area (Å²) in [7, 11) is 1.63. The number of benzene rings is 2. The minimum Gasteiger partial charge on any atom is -0.494 e. The summed E-state index contributed by atoms with van der Waals surface area (Å²) < 4.78 is 11.5. The molecule has 24 heavy (non-hydrogen) atoms. The maximum absolute atomic E-state index is 6.01. The summed E-state index contributed by atoms with van der Waals surface area (Å²) in [5.74, 6) is 1.48. The second kappa shape index (κ2) is 7.01. The van der Waals surface area contributed by atoms with Gasteiger partial charge in [-0.3, -0.25) is 4.98 Å². The summed E-state index contributed by atoms with van der Waals surface area (Å²) in [6.07, 6.45) is 2.03. The summed E-state index contributed by atoms with van der Waals surface area (Å²) in [5, 5.41) is 1.06. The minimum atomic E-state index is 0.398. The van der Waals surface area contributed by atoms with Crippen molar-refractivity contribution < 1.29 is 9.47 Å². The third-order valence-electron chi connectivity index (χ3n) is 3.86. The average Bonchev–Trinajstić information content (AvgIpc) is 2.59. The first-order valence-corrected chi connectivity index (χ1v) is 8.84. The number of hydrogen-bond donors (Lipinski definition) is 1. The van der Waals surface area contributed by atoms with Crippen LogP contribution >= 0.6 is 11.8 Å². The van der Waals surface area contributed by atoms with Gasteiger partial charge in [0.25, 0.3) is 0 Å². The number of aromatic nitrogens is 1. The number of thioether (sulfide) groups is 1. The number of nitrogens with two attached hydrogens (primary N) is 1. The zero-order chi connectivity index (χ0) is 17.1. The summed E-state index contributed by atoms with van der Waals surface area (Å²) in [6.45, 7) is 2.38. The van der Waals surface area contributed by atoms with Crippen molar-refractivity contribution >= 4 is 28.4 Å². The lowest BCUT2D eigenvalue weighted by Gasteiger charge is -2.15. The van der Waals surface area contributed by atoms with E-state index in [1.807, 2.05) is 49.6 Å². The van der Waals surface area contributed by atoms with E-state index in [0.717, 1.165) is 32.8 Å². The quantitative estimate of drug-likeness (QED) is 0.550. The molecule has 1 heterocycles. The third-order valence-corrected chi connectivity index (χ3v) is 4.68. The molecule has 4 nitrogen and oxygen atoms in total. The largest absolute Gasteiger partial charge is 0.494 e. The molecule has 0 amide bonds. The first-order chi connectivity index (χ1) is 11.6. The number of hydrogen-bond acceptors (Lipinski definition) is 5. The van der Waals surface area contributed by atoms with Crippen molar-refractivity contribution in [3.8, 4) is 11.5 Å². The molecule has 0 aliphatic heterocycles. The number of aryl methyl sites for hydroxylation is 1. The number of nitrogen functional groups attached to an aromatic ring is 1. The van der Waals surface area contributed by atoms with Gasteiger partial charge in [-0.15, -0.1) is 11.8 Å². The van der Waals surface area contributed by atoms with E-state index in [9.17, 15) is 0 Å². The van der Waals surface area contributed by atoms with E-state index in [1.54, 1.807) is 18.9 Å². The SMILES string of the molecule is COc1c(N)ccc(SC)c1COc1ccc2nc(C)ccc2c1. The molecule has 124 valence electrons. The van der Waals surface area contributed by atoms with E-state index in [2.05, 4.69) is 11.1 Å². The highest BCUT2D eigenvalue weighted by Gasteiger charge is 2.13. The van der Waals surface area contributed by atoms with Gasteiger partial charge in [-0.1, -0.05) is 6.07 Å². The van der Waals surface area contributed by atoms with Crippen LogP contribution in [0.15, 0.2) is 47.4 Å². The zero-order valence-electron chi connectivity index (χ0n) is 14.0. The molecule has 0 fully saturated rings. The van der Waals surface area contributed by atoms with Gasteiger partial charge in [-0.05, 0) is 49.6 Å². The van der Waals surface area contributed by atoms with Crippen LogP contribution in [0.1, 0.15) is 11.3 Å². The summed E-state index contributed by atoms with van der Waals surface area (Å²) in [6, 6.07) is 13.8. The Balaban J connectivity index is 1.88. The number of ether oxygens (including phenoxy) is 2. The first-order valence-electron chi connectivity index (χ1n) is 7.62. The molecular weight excluding hydrogens is 320 g/mol. The predicted molar refractivity (Wildman–Crippen MR) is 100.0 cm³/mol. The monoisotopic (exact) mass is 340 g/mol. The van der Waals surface area contributed by atoms with Gasteiger partial charge >= 0.3 is 0 Å². The molecule has 0 aliphatic rings. The highest BCUT2D eigenvalue weighted by atomic mass is 32.2. The van der Waals surface area contributed by atoms with Gasteiger partial charge in [0.15, 0.2) is 0 Å². The molecule has 0 saturated heterocycles. The minimum absolute atomic E-state index is 0.398. The topological polar surface area (TPSA) is 57.4 Å². The molecule has 0 bridgehead atoms. The number of pyridine rings is 1. The maximum atomic E-state index is 6.01. The van der Waals surface area contributed by atoms with Gasteiger partial charge in [0.2, 0.25) is 0 Å².